The number of phenolic OH excluding ortho intramolecular Hbond substituents is 1. The third-order valence-corrected chi connectivity index (χ3v) is 3.97. The summed E-state index contributed by atoms with van der Waals surface area (Å²) >= 11 is 7.31. The second kappa shape index (κ2) is 5.07. The quantitative estimate of drug-likeness (QED) is 0.757. The van der Waals surface area contributed by atoms with Gasteiger partial charge in [-0.1, -0.05) is 35.9 Å². The first-order valence-electron chi connectivity index (χ1n) is 5.79. The number of hydrogen-bond acceptors (Lipinski definition) is 4. The van der Waals surface area contributed by atoms with Crippen LogP contribution in [0.25, 0.3) is 10.8 Å². The van der Waals surface area contributed by atoms with E-state index in [9.17, 15) is 5.11 Å². The van der Waals surface area contributed by atoms with E-state index in [1.807, 2.05) is 30.3 Å². The van der Waals surface area contributed by atoms with Gasteiger partial charge in [0.2, 0.25) is 0 Å². The average molecular weight is 291 g/mol. The number of aromatic hydroxyl groups is 1. The Morgan fingerprint density at radius 2 is 1.95 bits per heavy atom. The SMILES string of the molecule is Oc1cccc2c(NCc3ncc(Cl)s3)cccc12. The molecule has 0 amide bonds. The fourth-order valence-corrected chi connectivity index (χ4v) is 2.88. The van der Waals surface area contributed by atoms with E-state index in [0.717, 1.165) is 21.5 Å². The summed E-state index contributed by atoms with van der Waals surface area (Å²) in [7, 11) is 0. The predicted octanol–water partition coefficient (Wildman–Crippen LogP) is 4.27. The number of anilines is 1. The van der Waals surface area contributed by atoms with E-state index in [4.69, 9.17) is 11.6 Å². The number of benzene rings is 2. The highest BCUT2D eigenvalue weighted by Gasteiger charge is 2.05. The van der Waals surface area contributed by atoms with Gasteiger partial charge in [0.05, 0.1) is 12.7 Å². The molecule has 3 rings (SSSR count). The van der Waals surface area contributed by atoms with Crippen LogP contribution < -0.4 is 5.32 Å². The fourth-order valence-electron chi connectivity index (χ4n) is 1.99. The number of phenols is 1. The minimum absolute atomic E-state index is 0.290. The number of nitrogens with one attached hydrogen (secondary N) is 1. The van der Waals surface area contributed by atoms with Gasteiger partial charge in [-0.15, -0.1) is 11.3 Å². The van der Waals surface area contributed by atoms with Gasteiger partial charge in [-0.3, -0.25) is 0 Å². The molecule has 0 atom stereocenters. The molecular weight excluding hydrogens is 280 g/mol. The first kappa shape index (κ1) is 12.3. The fraction of sp³-hybridized carbons (Fsp3) is 0.0714. The maximum Gasteiger partial charge on any atom is 0.123 e. The zero-order valence-electron chi connectivity index (χ0n) is 9.93. The Balaban J connectivity index is 1.91. The Bertz CT molecular complexity index is 726. The van der Waals surface area contributed by atoms with Gasteiger partial charge >= 0.3 is 0 Å². The number of thiazole rings is 1. The Hall–Kier alpha value is -1.78. The van der Waals surface area contributed by atoms with Gasteiger partial charge in [0.25, 0.3) is 0 Å². The molecule has 2 N–H and O–H groups in total. The summed E-state index contributed by atoms with van der Waals surface area (Å²) in [4.78, 5) is 4.20. The lowest BCUT2D eigenvalue weighted by Gasteiger charge is -2.09. The van der Waals surface area contributed by atoms with Crippen molar-refractivity contribution in [2.24, 2.45) is 0 Å². The van der Waals surface area contributed by atoms with Gasteiger partial charge in [-0.05, 0) is 12.1 Å². The van der Waals surface area contributed by atoms with Gasteiger partial charge in [0.15, 0.2) is 0 Å². The second-order valence-electron chi connectivity index (χ2n) is 4.09. The molecule has 19 heavy (non-hydrogen) atoms. The minimum atomic E-state index is 0.290. The molecule has 3 nitrogen and oxygen atoms in total. The van der Waals surface area contributed by atoms with Crippen molar-refractivity contribution in [3.63, 3.8) is 0 Å². The molecule has 1 heterocycles. The first-order valence-corrected chi connectivity index (χ1v) is 6.98. The topological polar surface area (TPSA) is 45.1 Å². The lowest BCUT2D eigenvalue weighted by Crippen LogP contribution is -1.99. The lowest BCUT2D eigenvalue weighted by molar-refractivity contribution is 0.481. The minimum Gasteiger partial charge on any atom is -0.507 e. The van der Waals surface area contributed by atoms with Crippen molar-refractivity contribution in [2.45, 2.75) is 6.54 Å². The van der Waals surface area contributed by atoms with Crippen molar-refractivity contribution in [1.82, 2.24) is 4.98 Å². The van der Waals surface area contributed by atoms with Crippen molar-refractivity contribution in [3.8, 4) is 5.75 Å². The second-order valence-corrected chi connectivity index (χ2v) is 5.84. The van der Waals surface area contributed by atoms with E-state index in [1.165, 1.54) is 11.3 Å². The maximum atomic E-state index is 9.83. The van der Waals surface area contributed by atoms with Gasteiger partial charge in [0.1, 0.15) is 15.1 Å². The summed E-state index contributed by atoms with van der Waals surface area (Å²) in [5.74, 6) is 0.290. The van der Waals surface area contributed by atoms with E-state index >= 15 is 0 Å². The van der Waals surface area contributed by atoms with Gasteiger partial charge < -0.3 is 10.4 Å². The Morgan fingerprint density at radius 1 is 1.16 bits per heavy atom. The smallest absolute Gasteiger partial charge is 0.123 e. The van der Waals surface area contributed by atoms with Crippen LogP contribution in [0, 0.1) is 0 Å². The normalized spacial score (nSPS) is 10.8. The summed E-state index contributed by atoms with van der Waals surface area (Å²) in [6.07, 6.45) is 1.65. The third-order valence-electron chi connectivity index (χ3n) is 2.85. The van der Waals surface area contributed by atoms with Crippen LogP contribution in [0.2, 0.25) is 4.34 Å². The molecule has 0 radical (unpaired) electrons. The zero-order valence-corrected chi connectivity index (χ0v) is 11.5. The van der Waals surface area contributed by atoms with E-state index in [2.05, 4.69) is 10.3 Å². The van der Waals surface area contributed by atoms with Crippen LogP contribution in [0.4, 0.5) is 5.69 Å². The van der Waals surface area contributed by atoms with E-state index in [-0.39, 0.29) is 0 Å². The molecule has 0 unspecified atom stereocenters. The van der Waals surface area contributed by atoms with Crippen LogP contribution in [-0.4, -0.2) is 10.1 Å². The third kappa shape index (κ3) is 2.50. The van der Waals surface area contributed by atoms with Crippen LogP contribution in [0.15, 0.2) is 42.6 Å². The molecule has 0 spiro atoms. The van der Waals surface area contributed by atoms with Crippen LogP contribution in [0.3, 0.4) is 0 Å². The largest absolute Gasteiger partial charge is 0.507 e. The molecule has 2 aromatic carbocycles. The summed E-state index contributed by atoms with van der Waals surface area (Å²) in [5.41, 5.74) is 0.972. The number of nitrogens with zero attached hydrogens (tertiary/aromatic N) is 1. The van der Waals surface area contributed by atoms with E-state index < -0.39 is 0 Å². The van der Waals surface area contributed by atoms with Gasteiger partial charge in [0, 0.05) is 16.5 Å². The molecule has 0 bridgehead atoms. The summed E-state index contributed by atoms with van der Waals surface area (Å²) in [6.45, 7) is 0.617. The molecule has 0 aliphatic heterocycles. The number of rotatable bonds is 3. The van der Waals surface area contributed by atoms with Gasteiger partial charge in [-0.25, -0.2) is 4.98 Å². The molecule has 5 heteroatoms. The summed E-state index contributed by atoms with van der Waals surface area (Å²) < 4.78 is 0.687. The van der Waals surface area contributed by atoms with Crippen molar-refractivity contribution in [3.05, 3.63) is 51.9 Å². The van der Waals surface area contributed by atoms with Crippen LogP contribution in [-0.2, 0) is 6.54 Å². The summed E-state index contributed by atoms with van der Waals surface area (Å²) in [5, 5.41) is 15.9. The van der Waals surface area contributed by atoms with Crippen molar-refractivity contribution in [2.75, 3.05) is 5.32 Å². The Kier molecular flexibility index (Phi) is 3.27. The maximum absolute atomic E-state index is 9.83. The lowest BCUT2D eigenvalue weighted by atomic mass is 10.1. The predicted molar refractivity (Wildman–Crippen MR) is 80.1 cm³/mol. The molecule has 96 valence electrons. The molecule has 0 aliphatic carbocycles. The van der Waals surface area contributed by atoms with E-state index in [0.29, 0.717) is 16.6 Å². The molecule has 1 aromatic heterocycles. The van der Waals surface area contributed by atoms with Crippen molar-refractivity contribution in [1.29, 1.82) is 0 Å². The molecule has 0 saturated carbocycles. The highest BCUT2D eigenvalue weighted by Crippen LogP contribution is 2.30. The van der Waals surface area contributed by atoms with E-state index in [1.54, 1.807) is 12.3 Å². The molecule has 0 aliphatic rings. The number of hydrogen-bond donors (Lipinski definition) is 2. The zero-order chi connectivity index (χ0) is 13.2. The van der Waals surface area contributed by atoms with Gasteiger partial charge in [-0.2, -0.15) is 0 Å². The average Bonchev–Trinajstić information content (AvgIpc) is 2.83. The molecule has 0 saturated heterocycles. The van der Waals surface area contributed by atoms with Crippen LogP contribution in [0.5, 0.6) is 5.75 Å². The number of halogens is 1. The molecule has 3 aromatic rings. The summed E-state index contributed by atoms with van der Waals surface area (Å²) in [6, 6.07) is 11.3. The highest BCUT2D eigenvalue weighted by molar-refractivity contribution is 7.15. The standard InChI is InChI=1S/C14H11ClN2OS/c15-13-7-17-14(19-13)8-16-11-5-1-4-10-9(11)3-2-6-12(10)18/h1-7,16,18H,8H2. The Labute approximate surface area is 119 Å². The number of aromatic nitrogens is 1. The van der Waals surface area contributed by atoms with Crippen LogP contribution in [0.1, 0.15) is 5.01 Å². The molecule has 0 fully saturated rings. The monoisotopic (exact) mass is 290 g/mol. The van der Waals surface area contributed by atoms with Crippen LogP contribution >= 0.6 is 22.9 Å². The van der Waals surface area contributed by atoms with Crippen molar-refractivity contribution < 1.29 is 5.11 Å². The highest BCUT2D eigenvalue weighted by atomic mass is 35.5. The number of fused-ring (bicyclic) bond motifs is 1. The first-order chi connectivity index (χ1) is 9.24. The molecular formula is C14H11ClN2OS. The van der Waals surface area contributed by atoms with Crippen molar-refractivity contribution >= 4 is 39.4 Å². The Morgan fingerprint density at radius 3 is 2.74 bits per heavy atom.